The van der Waals surface area contributed by atoms with E-state index in [1.165, 1.54) is 11.1 Å². The third-order valence-corrected chi connectivity index (χ3v) is 4.63. The quantitative estimate of drug-likeness (QED) is 0.811. The number of benzene rings is 2. The Morgan fingerprint density at radius 3 is 2.73 bits per heavy atom. The van der Waals surface area contributed by atoms with E-state index >= 15 is 0 Å². The molecule has 1 aliphatic rings. The molecule has 2 aromatic rings. The van der Waals surface area contributed by atoms with Crippen LogP contribution in [-0.4, -0.2) is 24.5 Å². The molecular formula is C18H18BrNO2. The smallest absolute Gasteiger partial charge is 0.254 e. The number of carbonyl (C=O) groups is 1. The lowest BCUT2D eigenvalue weighted by Crippen LogP contribution is -2.36. The standard InChI is InChI=1S/C18H18BrNO2/c1-12-9-15(19)4-6-17(12)18(21)20-8-7-13-3-5-16(22-2)10-14(13)11-20/h3-6,9-10H,7-8,11H2,1-2H3. The molecule has 0 saturated carbocycles. The van der Waals surface area contributed by atoms with Gasteiger partial charge in [0.05, 0.1) is 7.11 Å². The first-order valence-electron chi connectivity index (χ1n) is 7.29. The highest BCUT2D eigenvalue weighted by Crippen LogP contribution is 2.26. The normalized spacial score (nSPS) is 13.7. The van der Waals surface area contributed by atoms with Crippen molar-refractivity contribution in [2.24, 2.45) is 0 Å². The molecule has 0 radical (unpaired) electrons. The third-order valence-electron chi connectivity index (χ3n) is 4.13. The minimum atomic E-state index is 0.0958. The van der Waals surface area contributed by atoms with Crippen LogP contribution < -0.4 is 4.74 Å². The highest BCUT2D eigenvalue weighted by atomic mass is 79.9. The van der Waals surface area contributed by atoms with Crippen molar-refractivity contribution in [1.29, 1.82) is 0 Å². The average Bonchev–Trinajstić information content (AvgIpc) is 2.53. The van der Waals surface area contributed by atoms with Crippen LogP contribution in [0.4, 0.5) is 0 Å². The van der Waals surface area contributed by atoms with E-state index in [4.69, 9.17) is 4.74 Å². The molecule has 0 unspecified atom stereocenters. The Morgan fingerprint density at radius 1 is 1.18 bits per heavy atom. The van der Waals surface area contributed by atoms with Gasteiger partial charge in [-0.15, -0.1) is 0 Å². The Kier molecular flexibility index (Phi) is 4.21. The second kappa shape index (κ2) is 6.13. The van der Waals surface area contributed by atoms with Gasteiger partial charge >= 0.3 is 0 Å². The number of carbonyl (C=O) groups excluding carboxylic acids is 1. The van der Waals surface area contributed by atoms with Gasteiger partial charge in [0.15, 0.2) is 0 Å². The van der Waals surface area contributed by atoms with Crippen LogP contribution in [0.3, 0.4) is 0 Å². The van der Waals surface area contributed by atoms with Crippen molar-refractivity contribution >= 4 is 21.8 Å². The molecule has 0 atom stereocenters. The molecule has 0 spiro atoms. The van der Waals surface area contributed by atoms with E-state index < -0.39 is 0 Å². The largest absolute Gasteiger partial charge is 0.497 e. The fourth-order valence-electron chi connectivity index (χ4n) is 2.87. The number of fused-ring (bicyclic) bond motifs is 1. The van der Waals surface area contributed by atoms with Crippen LogP contribution in [0.25, 0.3) is 0 Å². The van der Waals surface area contributed by atoms with Gasteiger partial charge in [-0.25, -0.2) is 0 Å². The van der Waals surface area contributed by atoms with Gasteiger partial charge in [-0.05, 0) is 60.4 Å². The van der Waals surface area contributed by atoms with E-state index in [1.54, 1.807) is 7.11 Å². The zero-order chi connectivity index (χ0) is 15.7. The number of amides is 1. The minimum Gasteiger partial charge on any atom is -0.497 e. The molecule has 1 aliphatic heterocycles. The van der Waals surface area contributed by atoms with Crippen molar-refractivity contribution in [2.75, 3.05) is 13.7 Å². The summed E-state index contributed by atoms with van der Waals surface area (Å²) in [6.45, 7) is 3.37. The predicted molar refractivity (Wildman–Crippen MR) is 90.3 cm³/mol. The van der Waals surface area contributed by atoms with Gasteiger partial charge in [0.25, 0.3) is 5.91 Å². The average molecular weight is 360 g/mol. The number of methoxy groups -OCH3 is 1. The second-order valence-corrected chi connectivity index (χ2v) is 6.49. The zero-order valence-electron chi connectivity index (χ0n) is 12.7. The van der Waals surface area contributed by atoms with Crippen molar-refractivity contribution in [3.63, 3.8) is 0 Å². The maximum atomic E-state index is 12.8. The molecular weight excluding hydrogens is 342 g/mol. The van der Waals surface area contributed by atoms with E-state index in [-0.39, 0.29) is 5.91 Å². The van der Waals surface area contributed by atoms with E-state index in [0.29, 0.717) is 6.54 Å². The maximum Gasteiger partial charge on any atom is 0.254 e. The molecule has 0 fully saturated rings. The Labute approximate surface area is 139 Å². The van der Waals surface area contributed by atoms with Crippen molar-refractivity contribution in [3.8, 4) is 5.75 Å². The molecule has 114 valence electrons. The van der Waals surface area contributed by atoms with Crippen LogP contribution in [-0.2, 0) is 13.0 Å². The first-order valence-corrected chi connectivity index (χ1v) is 8.09. The molecule has 22 heavy (non-hydrogen) atoms. The summed E-state index contributed by atoms with van der Waals surface area (Å²) in [5, 5.41) is 0. The van der Waals surface area contributed by atoms with Gasteiger partial charge in [-0.1, -0.05) is 22.0 Å². The Hall–Kier alpha value is -1.81. The van der Waals surface area contributed by atoms with Crippen LogP contribution in [0, 0.1) is 6.92 Å². The topological polar surface area (TPSA) is 29.5 Å². The monoisotopic (exact) mass is 359 g/mol. The van der Waals surface area contributed by atoms with E-state index in [0.717, 1.165) is 34.3 Å². The lowest BCUT2D eigenvalue weighted by molar-refractivity contribution is 0.0733. The van der Waals surface area contributed by atoms with Gasteiger partial charge in [-0.2, -0.15) is 0 Å². The van der Waals surface area contributed by atoms with Gasteiger partial charge < -0.3 is 9.64 Å². The summed E-state index contributed by atoms with van der Waals surface area (Å²) in [4.78, 5) is 14.7. The third kappa shape index (κ3) is 2.88. The highest BCUT2D eigenvalue weighted by Gasteiger charge is 2.23. The van der Waals surface area contributed by atoms with Crippen molar-refractivity contribution in [3.05, 3.63) is 63.1 Å². The highest BCUT2D eigenvalue weighted by molar-refractivity contribution is 9.10. The number of hydrogen-bond acceptors (Lipinski definition) is 2. The number of rotatable bonds is 2. The van der Waals surface area contributed by atoms with E-state index in [1.807, 2.05) is 42.2 Å². The van der Waals surface area contributed by atoms with Crippen molar-refractivity contribution < 1.29 is 9.53 Å². The Balaban J connectivity index is 1.85. The molecule has 2 aromatic carbocycles. The lowest BCUT2D eigenvalue weighted by Gasteiger charge is -2.29. The summed E-state index contributed by atoms with van der Waals surface area (Å²) in [6.07, 6.45) is 0.890. The second-order valence-electron chi connectivity index (χ2n) is 5.57. The first-order chi connectivity index (χ1) is 10.6. The number of ether oxygens (including phenoxy) is 1. The van der Waals surface area contributed by atoms with Crippen LogP contribution in [0.15, 0.2) is 40.9 Å². The molecule has 0 aliphatic carbocycles. The molecule has 0 aromatic heterocycles. The number of aryl methyl sites for hydroxylation is 1. The van der Waals surface area contributed by atoms with E-state index in [2.05, 4.69) is 22.0 Å². The molecule has 3 rings (SSSR count). The summed E-state index contributed by atoms with van der Waals surface area (Å²) in [5.74, 6) is 0.936. The van der Waals surface area contributed by atoms with Crippen molar-refractivity contribution in [2.45, 2.75) is 19.9 Å². The maximum absolute atomic E-state index is 12.8. The van der Waals surface area contributed by atoms with Gasteiger partial charge in [0.1, 0.15) is 5.75 Å². The summed E-state index contributed by atoms with van der Waals surface area (Å²) in [6, 6.07) is 11.9. The molecule has 0 N–H and O–H groups in total. The number of nitrogens with zero attached hydrogens (tertiary/aromatic N) is 1. The number of hydrogen-bond donors (Lipinski definition) is 0. The summed E-state index contributed by atoms with van der Waals surface area (Å²) < 4.78 is 6.28. The summed E-state index contributed by atoms with van der Waals surface area (Å²) >= 11 is 3.44. The fourth-order valence-corrected chi connectivity index (χ4v) is 3.35. The molecule has 3 nitrogen and oxygen atoms in total. The molecule has 4 heteroatoms. The minimum absolute atomic E-state index is 0.0958. The van der Waals surface area contributed by atoms with Crippen LogP contribution in [0.5, 0.6) is 5.75 Å². The summed E-state index contributed by atoms with van der Waals surface area (Å²) in [7, 11) is 1.67. The SMILES string of the molecule is COc1ccc2c(c1)CN(C(=O)c1ccc(Br)cc1C)CC2. The van der Waals surface area contributed by atoms with Crippen LogP contribution in [0.1, 0.15) is 27.0 Å². The summed E-state index contributed by atoms with van der Waals surface area (Å²) in [5.41, 5.74) is 4.25. The molecule has 0 saturated heterocycles. The Morgan fingerprint density at radius 2 is 2.00 bits per heavy atom. The lowest BCUT2D eigenvalue weighted by atomic mass is 9.98. The number of halogens is 1. The Bertz CT molecular complexity index is 727. The van der Waals surface area contributed by atoms with Gasteiger partial charge in [-0.3, -0.25) is 4.79 Å². The molecule has 1 heterocycles. The van der Waals surface area contributed by atoms with Crippen LogP contribution >= 0.6 is 15.9 Å². The zero-order valence-corrected chi connectivity index (χ0v) is 14.3. The van der Waals surface area contributed by atoms with Crippen molar-refractivity contribution in [1.82, 2.24) is 4.90 Å². The predicted octanol–water partition coefficient (Wildman–Crippen LogP) is 3.96. The first kappa shape index (κ1) is 15.1. The van der Waals surface area contributed by atoms with Gasteiger partial charge in [0, 0.05) is 23.1 Å². The van der Waals surface area contributed by atoms with E-state index in [9.17, 15) is 4.79 Å². The molecule has 1 amide bonds. The fraction of sp³-hybridized carbons (Fsp3) is 0.278. The van der Waals surface area contributed by atoms with Gasteiger partial charge in [0.2, 0.25) is 0 Å². The van der Waals surface area contributed by atoms with Crippen LogP contribution in [0.2, 0.25) is 0 Å². The molecule has 0 bridgehead atoms.